The van der Waals surface area contributed by atoms with Gasteiger partial charge in [0.05, 0.1) is 16.8 Å². The molecular weight excluding hydrogens is 357 g/mol. The molecule has 0 fully saturated rings. The van der Waals surface area contributed by atoms with E-state index in [1.54, 1.807) is 54.3 Å². The Balaban J connectivity index is 1.57. The van der Waals surface area contributed by atoms with Crippen molar-refractivity contribution in [3.8, 4) is 0 Å². The van der Waals surface area contributed by atoms with Gasteiger partial charge >= 0.3 is 5.97 Å². The molecule has 0 radical (unpaired) electrons. The molecule has 0 spiro atoms. The zero-order chi connectivity index (χ0) is 17.6. The number of nitrogens with zero attached hydrogens (tertiary/aromatic N) is 1. The maximum atomic E-state index is 13.0. The van der Waals surface area contributed by atoms with E-state index in [9.17, 15) is 9.18 Å². The van der Waals surface area contributed by atoms with Crippen molar-refractivity contribution in [3.63, 3.8) is 0 Å². The Bertz CT molecular complexity index is 818. The number of rotatable bonds is 6. The van der Waals surface area contributed by atoms with Crippen LogP contribution in [0, 0.1) is 5.82 Å². The molecule has 0 aliphatic carbocycles. The van der Waals surface area contributed by atoms with Crippen LogP contribution in [0.4, 0.5) is 4.39 Å². The molecule has 3 nitrogen and oxygen atoms in total. The third-order valence-corrected chi connectivity index (χ3v) is 5.26. The fourth-order valence-corrected chi connectivity index (χ4v) is 3.65. The van der Waals surface area contributed by atoms with Gasteiger partial charge in [-0.1, -0.05) is 12.1 Å². The first-order valence-electron chi connectivity index (χ1n) is 7.68. The van der Waals surface area contributed by atoms with E-state index < -0.39 is 12.1 Å². The lowest BCUT2D eigenvalue weighted by molar-refractivity contribution is 0.0337. The van der Waals surface area contributed by atoms with Gasteiger partial charge in [-0.25, -0.2) is 14.2 Å². The molecule has 1 atom stereocenters. The lowest BCUT2D eigenvalue weighted by Crippen LogP contribution is -2.09. The minimum absolute atomic E-state index is 0.312. The highest BCUT2D eigenvalue weighted by Gasteiger charge is 2.14. The van der Waals surface area contributed by atoms with E-state index in [4.69, 9.17) is 4.74 Å². The molecule has 128 valence electrons. The molecule has 2 aromatic carbocycles. The number of hydrogen-bond donors (Lipinski definition) is 0. The Morgan fingerprint density at radius 2 is 1.92 bits per heavy atom. The summed E-state index contributed by atoms with van der Waals surface area (Å²) < 4.78 is 18.4. The van der Waals surface area contributed by atoms with Crippen LogP contribution in [0.1, 0.15) is 34.6 Å². The van der Waals surface area contributed by atoms with E-state index in [1.807, 2.05) is 23.0 Å². The highest BCUT2D eigenvalue weighted by atomic mass is 32.2. The maximum absolute atomic E-state index is 13.0. The summed E-state index contributed by atoms with van der Waals surface area (Å²) in [5.41, 5.74) is 4.11. The van der Waals surface area contributed by atoms with Gasteiger partial charge in [-0.05, 0) is 48.9 Å². The summed E-state index contributed by atoms with van der Waals surface area (Å²) in [5, 5.41) is 2.02. The molecule has 0 aliphatic rings. The van der Waals surface area contributed by atoms with Gasteiger partial charge in [-0.3, -0.25) is 0 Å². The first-order chi connectivity index (χ1) is 12.1. The molecule has 1 heterocycles. The summed E-state index contributed by atoms with van der Waals surface area (Å²) in [5.74, 6) is 0.0930. The minimum Gasteiger partial charge on any atom is -0.454 e. The number of ether oxygens (including phenoxy) is 1. The number of carbonyl (C=O) groups excluding carboxylic acids is 1. The Kier molecular flexibility index (Phi) is 5.83. The van der Waals surface area contributed by atoms with Gasteiger partial charge in [-0.2, -0.15) is 0 Å². The largest absolute Gasteiger partial charge is 0.454 e. The highest BCUT2D eigenvalue weighted by Crippen LogP contribution is 2.24. The van der Waals surface area contributed by atoms with Crippen LogP contribution in [0.5, 0.6) is 0 Å². The topological polar surface area (TPSA) is 39.2 Å². The highest BCUT2D eigenvalue weighted by molar-refractivity contribution is 7.98. The number of halogens is 1. The Hall–Kier alpha value is -2.18. The second-order valence-corrected chi connectivity index (χ2v) is 7.16. The molecule has 0 bridgehead atoms. The normalized spacial score (nSPS) is 11.9. The molecule has 3 aromatic rings. The lowest BCUT2D eigenvalue weighted by atomic mass is 10.1. The summed E-state index contributed by atoms with van der Waals surface area (Å²) in [7, 11) is 0. The first-order valence-corrected chi connectivity index (χ1v) is 9.61. The summed E-state index contributed by atoms with van der Waals surface area (Å²) in [6.07, 6.45) is -0.438. The fourth-order valence-electron chi connectivity index (χ4n) is 2.18. The van der Waals surface area contributed by atoms with Crippen LogP contribution in [0.3, 0.4) is 0 Å². The molecule has 0 saturated heterocycles. The van der Waals surface area contributed by atoms with E-state index in [2.05, 4.69) is 4.98 Å². The van der Waals surface area contributed by atoms with Crippen LogP contribution in [-0.2, 0) is 10.5 Å². The first kappa shape index (κ1) is 17.6. The van der Waals surface area contributed by atoms with E-state index in [0.29, 0.717) is 5.56 Å². The van der Waals surface area contributed by atoms with Crippen LogP contribution in [0.15, 0.2) is 64.3 Å². The smallest absolute Gasteiger partial charge is 0.338 e. The van der Waals surface area contributed by atoms with Crippen molar-refractivity contribution in [2.24, 2.45) is 0 Å². The summed E-state index contributed by atoms with van der Waals surface area (Å²) in [6, 6.07) is 13.2. The van der Waals surface area contributed by atoms with Crippen molar-refractivity contribution in [1.29, 1.82) is 0 Å². The predicted octanol–water partition coefficient (Wildman–Crippen LogP) is 5.49. The molecule has 25 heavy (non-hydrogen) atoms. The number of benzene rings is 2. The number of aromatic nitrogens is 1. The Labute approximate surface area is 153 Å². The average Bonchev–Trinajstić information content (AvgIpc) is 3.14. The van der Waals surface area contributed by atoms with Gasteiger partial charge in [0, 0.05) is 16.0 Å². The summed E-state index contributed by atoms with van der Waals surface area (Å²) in [6.45, 7) is 1.77. The minimum atomic E-state index is -0.438. The summed E-state index contributed by atoms with van der Waals surface area (Å²) >= 11 is 3.25. The van der Waals surface area contributed by atoms with Crippen molar-refractivity contribution in [2.45, 2.75) is 23.7 Å². The lowest BCUT2D eigenvalue weighted by Gasteiger charge is -2.13. The number of carbonyl (C=O) groups is 1. The van der Waals surface area contributed by atoms with Crippen LogP contribution >= 0.6 is 23.1 Å². The van der Waals surface area contributed by atoms with Crippen LogP contribution in [-0.4, -0.2) is 11.0 Å². The Morgan fingerprint density at radius 3 is 2.56 bits per heavy atom. The zero-order valence-electron chi connectivity index (χ0n) is 13.5. The quantitative estimate of drug-likeness (QED) is 0.423. The third kappa shape index (κ3) is 4.90. The van der Waals surface area contributed by atoms with Gasteiger partial charge in [0.1, 0.15) is 11.9 Å². The van der Waals surface area contributed by atoms with E-state index in [-0.39, 0.29) is 5.82 Å². The Morgan fingerprint density at radius 1 is 1.20 bits per heavy atom. The average molecular weight is 373 g/mol. The summed E-state index contributed by atoms with van der Waals surface area (Å²) in [4.78, 5) is 17.5. The van der Waals surface area contributed by atoms with Gasteiger partial charge in [-0.15, -0.1) is 23.1 Å². The van der Waals surface area contributed by atoms with E-state index >= 15 is 0 Å². The molecule has 0 N–H and O–H groups in total. The molecule has 1 unspecified atom stereocenters. The molecule has 6 heteroatoms. The van der Waals surface area contributed by atoms with Crippen molar-refractivity contribution >= 4 is 29.1 Å². The standard InChI is InChI=1S/C19H16FNO2S2/c1-13(14-2-6-16(20)7-3-14)23-19(22)15-4-8-18(9-5-15)25-11-17-10-24-12-21-17/h2-10,12-13H,11H2,1H3. The molecule has 0 aliphatic heterocycles. The maximum Gasteiger partial charge on any atom is 0.338 e. The molecule has 3 rings (SSSR count). The molecular formula is C19H16FNO2S2. The SMILES string of the molecule is CC(OC(=O)c1ccc(SCc2cscn2)cc1)c1ccc(F)cc1. The van der Waals surface area contributed by atoms with Crippen LogP contribution in [0.25, 0.3) is 0 Å². The van der Waals surface area contributed by atoms with Gasteiger partial charge in [0.15, 0.2) is 0 Å². The van der Waals surface area contributed by atoms with E-state index in [1.165, 1.54) is 12.1 Å². The number of thioether (sulfide) groups is 1. The van der Waals surface area contributed by atoms with Crippen LogP contribution < -0.4 is 0 Å². The molecule has 0 saturated carbocycles. The van der Waals surface area contributed by atoms with Crippen molar-refractivity contribution < 1.29 is 13.9 Å². The predicted molar refractivity (Wildman–Crippen MR) is 98.3 cm³/mol. The third-order valence-electron chi connectivity index (χ3n) is 3.58. The van der Waals surface area contributed by atoms with Gasteiger partial charge in [0.25, 0.3) is 0 Å². The number of esters is 1. The zero-order valence-corrected chi connectivity index (χ0v) is 15.1. The van der Waals surface area contributed by atoms with Crippen molar-refractivity contribution in [1.82, 2.24) is 4.98 Å². The molecule has 1 aromatic heterocycles. The fraction of sp³-hybridized carbons (Fsp3) is 0.158. The number of hydrogen-bond acceptors (Lipinski definition) is 5. The van der Waals surface area contributed by atoms with Crippen molar-refractivity contribution in [2.75, 3.05) is 0 Å². The van der Waals surface area contributed by atoms with Crippen LogP contribution in [0.2, 0.25) is 0 Å². The number of thiazole rings is 1. The van der Waals surface area contributed by atoms with Gasteiger partial charge in [0.2, 0.25) is 0 Å². The second kappa shape index (κ2) is 8.27. The monoisotopic (exact) mass is 373 g/mol. The molecule has 0 amide bonds. The second-order valence-electron chi connectivity index (χ2n) is 5.39. The van der Waals surface area contributed by atoms with E-state index in [0.717, 1.165) is 21.9 Å². The van der Waals surface area contributed by atoms with Gasteiger partial charge < -0.3 is 4.74 Å². The van der Waals surface area contributed by atoms with Crippen molar-refractivity contribution in [3.05, 3.63) is 82.1 Å².